The highest BCUT2D eigenvalue weighted by Crippen LogP contribution is 2.20. The van der Waals surface area contributed by atoms with Crippen molar-refractivity contribution in [1.82, 2.24) is 9.88 Å². The maximum Gasteiger partial charge on any atom is 0.131 e. The first kappa shape index (κ1) is 17.3. The Bertz CT molecular complexity index is 768. The summed E-state index contributed by atoms with van der Waals surface area (Å²) in [6.45, 7) is 3.12. The van der Waals surface area contributed by atoms with E-state index in [9.17, 15) is 13.9 Å². The Morgan fingerprint density at radius 2 is 1.92 bits per heavy atom. The summed E-state index contributed by atoms with van der Waals surface area (Å²) in [7, 11) is 0. The van der Waals surface area contributed by atoms with Crippen molar-refractivity contribution < 1.29 is 13.9 Å². The lowest BCUT2D eigenvalue weighted by Crippen LogP contribution is -2.47. The van der Waals surface area contributed by atoms with E-state index in [-0.39, 0.29) is 12.1 Å². The Hall–Kier alpha value is -2.56. The molecule has 0 amide bonds. The van der Waals surface area contributed by atoms with Crippen molar-refractivity contribution in [3.63, 3.8) is 0 Å². The van der Waals surface area contributed by atoms with Crippen LogP contribution in [-0.4, -0.2) is 47.7 Å². The number of anilines is 1. The number of hydrogen-bond acceptors (Lipinski definition) is 5. The summed E-state index contributed by atoms with van der Waals surface area (Å²) >= 11 is 0. The number of β-amino-alcohol motifs (C(OH)–C–C–N with tert-alkyl or cyclic N) is 1. The topological polar surface area (TPSA) is 63.4 Å². The summed E-state index contributed by atoms with van der Waals surface area (Å²) in [6.07, 6.45) is 0.545. The van der Waals surface area contributed by atoms with Crippen LogP contribution >= 0.6 is 0 Å². The highest BCUT2D eigenvalue weighted by molar-refractivity contribution is 5.42. The highest BCUT2D eigenvalue weighted by Gasteiger charge is 2.22. The Balaban J connectivity index is 1.56. The van der Waals surface area contributed by atoms with Crippen molar-refractivity contribution >= 4 is 5.82 Å². The molecule has 0 unspecified atom stereocenters. The molecule has 2 heterocycles. The summed E-state index contributed by atoms with van der Waals surface area (Å²) in [4.78, 5) is 8.41. The molecule has 2 aromatic rings. The van der Waals surface area contributed by atoms with Crippen molar-refractivity contribution in [3.8, 4) is 6.07 Å². The standard InChI is InChI=1S/C18H18F2N4O/c19-14-2-3-15(16(20)9-14)17(25)12-23-5-7-24(8-6-23)18-4-1-13(10-21)11-22-18/h1-4,9,11,17,25H,5-8,12H2/t17-/m1/s1. The largest absolute Gasteiger partial charge is 0.387 e. The van der Waals surface area contributed by atoms with Gasteiger partial charge in [0.2, 0.25) is 0 Å². The first-order chi connectivity index (χ1) is 12.1. The SMILES string of the molecule is N#Cc1ccc(N2CCN(C[C@@H](O)c3ccc(F)cc3F)CC2)nc1. The minimum atomic E-state index is -1.000. The monoisotopic (exact) mass is 344 g/mol. The van der Waals surface area contributed by atoms with Crippen LogP contribution in [0.4, 0.5) is 14.6 Å². The Morgan fingerprint density at radius 3 is 2.52 bits per heavy atom. The fourth-order valence-electron chi connectivity index (χ4n) is 2.91. The molecule has 1 N–H and O–H groups in total. The first-order valence-electron chi connectivity index (χ1n) is 8.03. The van der Waals surface area contributed by atoms with Crippen LogP contribution in [0.1, 0.15) is 17.2 Å². The van der Waals surface area contributed by atoms with Gasteiger partial charge in [0.25, 0.3) is 0 Å². The molecule has 7 heteroatoms. The van der Waals surface area contributed by atoms with E-state index in [1.165, 1.54) is 6.07 Å². The van der Waals surface area contributed by atoms with E-state index < -0.39 is 17.7 Å². The van der Waals surface area contributed by atoms with E-state index >= 15 is 0 Å². The van der Waals surface area contributed by atoms with E-state index in [4.69, 9.17) is 5.26 Å². The lowest BCUT2D eigenvalue weighted by molar-refractivity contribution is 0.106. The van der Waals surface area contributed by atoms with E-state index in [0.29, 0.717) is 18.7 Å². The van der Waals surface area contributed by atoms with Crippen molar-refractivity contribution in [2.75, 3.05) is 37.6 Å². The smallest absolute Gasteiger partial charge is 0.131 e. The van der Waals surface area contributed by atoms with Crippen LogP contribution < -0.4 is 4.90 Å². The number of rotatable bonds is 4. The van der Waals surface area contributed by atoms with Gasteiger partial charge in [-0.25, -0.2) is 13.8 Å². The fourth-order valence-corrected chi connectivity index (χ4v) is 2.91. The zero-order valence-corrected chi connectivity index (χ0v) is 13.6. The van der Waals surface area contributed by atoms with Gasteiger partial charge in [-0.15, -0.1) is 0 Å². The molecule has 3 rings (SSSR count). The Labute approximate surface area is 144 Å². The fraction of sp³-hybridized carbons (Fsp3) is 0.333. The zero-order valence-electron chi connectivity index (χ0n) is 13.6. The average molecular weight is 344 g/mol. The number of nitriles is 1. The highest BCUT2D eigenvalue weighted by atomic mass is 19.1. The van der Waals surface area contributed by atoms with Crippen molar-refractivity contribution in [2.45, 2.75) is 6.10 Å². The van der Waals surface area contributed by atoms with Crippen LogP contribution in [0.25, 0.3) is 0 Å². The summed E-state index contributed by atoms with van der Waals surface area (Å²) in [6, 6.07) is 8.80. The molecule has 0 aliphatic carbocycles. The molecular weight excluding hydrogens is 326 g/mol. The predicted octanol–water partition coefficient (Wildman–Crippen LogP) is 2.09. The van der Waals surface area contributed by atoms with Gasteiger partial charge in [0.15, 0.2) is 0 Å². The van der Waals surface area contributed by atoms with Gasteiger partial charge in [0.1, 0.15) is 23.5 Å². The molecule has 0 spiro atoms. The number of benzene rings is 1. The van der Waals surface area contributed by atoms with Gasteiger partial charge in [-0.2, -0.15) is 5.26 Å². The molecular formula is C18H18F2N4O. The molecule has 25 heavy (non-hydrogen) atoms. The molecule has 1 aromatic carbocycles. The van der Waals surface area contributed by atoms with Gasteiger partial charge < -0.3 is 10.0 Å². The summed E-state index contributed by atoms with van der Waals surface area (Å²) in [5, 5.41) is 19.0. The number of aliphatic hydroxyl groups is 1. The third-order valence-corrected chi connectivity index (χ3v) is 4.33. The van der Waals surface area contributed by atoms with E-state index in [1.54, 1.807) is 12.3 Å². The second kappa shape index (κ2) is 7.55. The number of hydrogen-bond donors (Lipinski definition) is 1. The second-order valence-electron chi connectivity index (χ2n) is 5.99. The van der Waals surface area contributed by atoms with Gasteiger partial charge in [-0.1, -0.05) is 6.07 Å². The van der Waals surface area contributed by atoms with Crippen molar-refractivity contribution in [1.29, 1.82) is 5.26 Å². The molecule has 1 aromatic heterocycles. The van der Waals surface area contributed by atoms with Crippen LogP contribution in [0.15, 0.2) is 36.5 Å². The molecule has 5 nitrogen and oxygen atoms in total. The van der Waals surface area contributed by atoms with E-state index in [0.717, 1.165) is 31.0 Å². The predicted molar refractivity (Wildman–Crippen MR) is 88.9 cm³/mol. The molecule has 0 bridgehead atoms. The number of piperazine rings is 1. The second-order valence-corrected chi connectivity index (χ2v) is 5.99. The maximum atomic E-state index is 13.7. The lowest BCUT2D eigenvalue weighted by Gasteiger charge is -2.36. The third-order valence-electron chi connectivity index (χ3n) is 4.33. The van der Waals surface area contributed by atoms with Gasteiger partial charge >= 0.3 is 0 Å². The molecule has 1 aliphatic rings. The number of pyridine rings is 1. The molecule has 1 atom stereocenters. The van der Waals surface area contributed by atoms with Crippen LogP contribution in [0.2, 0.25) is 0 Å². The van der Waals surface area contributed by atoms with Crippen molar-refractivity contribution in [3.05, 3.63) is 59.3 Å². The zero-order chi connectivity index (χ0) is 17.8. The van der Waals surface area contributed by atoms with Crippen LogP contribution in [0.5, 0.6) is 0 Å². The van der Waals surface area contributed by atoms with E-state index in [1.807, 2.05) is 17.0 Å². The third kappa shape index (κ3) is 4.10. The minimum absolute atomic E-state index is 0.109. The van der Waals surface area contributed by atoms with Crippen molar-refractivity contribution in [2.24, 2.45) is 0 Å². The molecule has 1 fully saturated rings. The minimum Gasteiger partial charge on any atom is -0.387 e. The average Bonchev–Trinajstić information content (AvgIpc) is 2.62. The lowest BCUT2D eigenvalue weighted by atomic mass is 10.1. The van der Waals surface area contributed by atoms with Crippen LogP contribution in [0, 0.1) is 23.0 Å². The van der Waals surface area contributed by atoms with Gasteiger partial charge in [0.05, 0.1) is 11.7 Å². The normalized spacial score (nSPS) is 16.5. The van der Waals surface area contributed by atoms with Crippen LogP contribution in [-0.2, 0) is 0 Å². The summed E-state index contributed by atoms with van der Waals surface area (Å²) in [5.41, 5.74) is 0.629. The number of aromatic nitrogens is 1. The molecule has 1 aliphatic heterocycles. The summed E-state index contributed by atoms with van der Waals surface area (Å²) < 4.78 is 26.7. The quantitative estimate of drug-likeness (QED) is 0.920. The van der Waals surface area contributed by atoms with Gasteiger partial charge in [0, 0.05) is 50.6 Å². The molecule has 1 saturated heterocycles. The molecule has 130 valence electrons. The Morgan fingerprint density at radius 1 is 1.16 bits per heavy atom. The van der Waals surface area contributed by atoms with E-state index in [2.05, 4.69) is 9.88 Å². The van der Waals surface area contributed by atoms with Crippen LogP contribution in [0.3, 0.4) is 0 Å². The maximum absolute atomic E-state index is 13.7. The van der Waals surface area contributed by atoms with Gasteiger partial charge in [-0.05, 0) is 18.2 Å². The number of halogens is 2. The number of aliphatic hydroxyl groups excluding tert-OH is 1. The number of nitrogens with zero attached hydrogens (tertiary/aromatic N) is 4. The van der Waals surface area contributed by atoms with Gasteiger partial charge in [-0.3, -0.25) is 4.90 Å². The Kier molecular flexibility index (Phi) is 5.22. The summed E-state index contributed by atoms with van der Waals surface area (Å²) in [5.74, 6) is -0.575. The molecule has 0 saturated carbocycles. The molecule has 0 radical (unpaired) electrons. The first-order valence-corrected chi connectivity index (χ1v) is 8.03.